The fourth-order valence-corrected chi connectivity index (χ4v) is 3.08. The van der Waals surface area contributed by atoms with Crippen molar-refractivity contribution in [2.45, 2.75) is 38.3 Å². The molecule has 0 aliphatic carbocycles. The number of nitrogens with one attached hydrogen (secondary N) is 1. The highest BCUT2D eigenvalue weighted by Crippen LogP contribution is 2.28. The molecule has 20 heavy (non-hydrogen) atoms. The van der Waals surface area contributed by atoms with Crippen LogP contribution in [-0.2, 0) is 4.74 Å². The van der Waals surface area contributed by atoms with Crippen LogP contribution in [0.3, 0.4) is 0 Å². The monoisotopic (exact) mass is 281 g/mol. The molecule has 0 aromatic carbocycles. The number of carbonyl (C=O) groups excluding carboxylic acids is 1. The molecule has 2 amide bonds. The normalized spacial score (nSPS) is 26.4. The Morgan fingerprint density at radius 1 is 1.35 bits per heavy atom. The number of nitrogens with zero attached hydrogens (tertiary/aromatic N) is 2. The summed E-state index contributed by atoms with van der Waals surface area (Å²) in [6.07, 6.45) is 3.59. The SMILES string of the molecule is C=C(C)COCCNC(=O)N1CC[C@H]2CC[C@@H](C1)N2C. The lowest BCUT2D eigenvalue weighted by atomic mass is 10.1. The van der Waals surface area contributed by atoms with Crippen molar-refractivity contribution < 1.29 is 9.53 Å². The van der Waals surface area contributed by atoms with E-state index >= 15 is 0 Å². The van der Waals surface area contributed by atoms with Gasteiger partial charge in [-0.2, -0.15) is 0 Å². The maximum absolute atomic E-state index is 12.2. The summed E-state index contributed by atoms with van der Waals surface area (Å²) >= 11 is 0. The number of urea groups is 1. The maximum Gasteiger partial charge on any atom is 0.317 e. The molecule has 2 saturated heterocycles. The molecule has 0 aromatic heterocycles. The van der Waals surface area contributed by atoms with Crippen molar-refractivity contribution in [3.8, 4) is 0 Å². The Kier molecular flexibility index (Phi) is 5.43. The van der Waals surface area contributed by atoms with Crippen molar-refractivity contribution in [1.29, 1.82) is 0 Å². The van der Waals surface area contributed by atoms with E-state index in [0.717, 1.165) is 25.1 Å². The molecule has 2 atom stereocenters. The number of fused-ring (bicyclic) bond motifs is 2. The second kappa shape index (κ2) is 7.09. The van der Waals surface area contributed by atoms with Crippen LogP contribution in [0.15, 0.2) is 12.2 Å². The summed E-state index contributed by atoms with van der Waals surface area (Å²) in [5.41, 5.74) is 1.00. The Labute approximate surface area is 121 Å². The highest BCUT2D eigenvalue weighted by atomic mass is 16.5. The van der Waals surface area contributed by atoms with Gasteiger partial charge in [0.2, 0.25) is 0 Å². The number of carbonyl (C=O) groups is 1. The third-order valence-corrected chi connectivity index (χ3v) is 4.31. The molecule has 5 heteroatoms. The van der Waals surface area contributed by atoms with E-state index in [1.165, 1.54) is 12.8 Å². The van der Waals surface area contributed by atoms with Gasteiger partial charge in [-0.25, -0.2) is 4.79 Å². The van der Waals surface area contributed by atoms with Crippen LogP contribution in [0.4, 0.5) is 4.79 Å². The molecule has 2 rings (SSSR count). The number of likely N-dealkylation sites (N-methyl/N-ethyl adjacent to an activating group) is 1. The Morgan fingerprint density at radius 3 is 2.85 bits per heavy atom. The van der Waals surface area contributed by atoms with E-state index in [2.05, 4.69) is 23.8 Å². The van der Waals surface area contributed by atoms with E-state index < -0.39 is 0 Å². The summed E-state index contributed by atoms with van der Waals surface area (Å²) in [5.74, 6) is 0. The van der Waals surface area contributed by atoms with Crippen molar-refractivity contribution in [1.82, 2.24) is 15.1 Å². The minimum absolute atomic E-state index is 0.0462. The number of hydrogen-bond acceptors (Lipinski definition) is 3. The maximum atomic E-state index is 12.2. The molecule has 114 valence electrons. The first kappa shape index (κ1) is 15.3. The summed E-state index contributed by atoms with van der Waals surface area (Å²) in [6.45, 7) is 9.09. The second-order valence-corrected chi connectivity index (χ2v) is 6.03. The van der Waals surface area contributed by atoms with Gasteiger partial charge in [0.15, 0.2) is 0 Å². The summed E-state index contributed by atoms with van der Waals surface area (Å²) in [5, 5.41) is 2.94. The van der Waals surface area contributed by atoms with Crippen molar-refractivity contribution >= 4 is 6.03 Å². The van der Waals surface area contributed by atoms with Gasteiger partial charge in [0.25, 0.3) is 0 Å². The first-order valence-electron chi connectivity index (χ1n) is 7.54. The first-order chi connectivity index (χ1) is 9.58. The molecular formula is C15H27N3O2. The van der Waals surface area contributed by atoms with Gasteiger partial charge in [0.05, 0.1) is 13.2 Å². The topological polar surface area (TPSA) is 44.8 Å². The molecule has 2 aliphatic heterocycles. The van der Waals surface area contributed by atoms with E-state index in [-0.39, 0.29) is 6.03 Å². The summed E-state index contributed by atoms with van der Waals surface area (Å²) in [7, 11) is 2.19. The number of ether oxygens (including phenoxy) is 1. The Morgan fingerprint density at radius 2 is 2.10 bits per heavy atom. The van der Waals surface area contributed by atoms with Crippen LogP contribution in [-0.4, -0.2) is 67.8 Å². The fraction of sp³-hybridized carbons (Fsp3) is 0.800. The quantitative estimate of drug-likeness (QED) is 0.613. The van der Waals surface area contributed by atoms with E-state index in [0.29, 0.717) is 31.8 Å². The number of likely N-dealkylation sites (tertiary alicyclic amines) is 1. The molecule has 1 N–H and O–H groups in total. The van der Waals surface area contributed by atoms with E-state index in [4.69, 9.17) is 4.74 Å². The number of amides is 2. The molecule has 2 aliphatic rings. The zero-order valence-corrected chi connectivity index (χ0v) is 12.7. The number of rotatable bonds is 5. The minimum atomic E-state index is 0.0462. The van der Waals surface area contributed by atoms with Crippen molar-refractivity contribution in [2.75, 3.05) is 39.9 Å². The predicted octanol–water partition coefficient (Wildman–Crippen LogP) is 1.46. The third-order valence-electron chi connectivity index (χ3n) is 4.31. The van der Waals surface area contributed by atoms with Gasteiger partial charge in [-0.1, -0.05) is 12.2 Å². The molecular weight excluding hydrogens is 254 g/mol. The van der Waals surface area contributed by atoms with Crippen molar-refractivity contribution in [3.05, 3.63) is 12.2 Å². The molecule has 0 saturated carbocycles. The van der Waals surface area contributed by atoms with Crippen molar-refractivity contribution in [2.24, 2.45) is 0 Å². The summed E-state index contributed by atoms with van der Waals surface area (Å²) in [6, 6.07) is 1.24. The molecule has 2 fully saturated rings. The van der Waals surface area contributed by atoms with Crippen LogP contribution in [0.2, 0.25) is 0 Å². The van der Waals surface area contributed by atoms with Crippen LogP contribution in [0, 0.1) is 0 Å². The van der Waals surface area contributed by atoms with Gasteiger partial charge in [0.1, 0.15) is 0 Å². The second-order valence-electron chi connectivity index (χ2n) is 6.03. The highest BCUT2D eigenvalue weighted by Gasteiger charge is 2.35. The lowest BCUT2D eigenvalue weighted by Crippen LogP contribution is -2.45. The van der Waals surface area contributed by atoms with Crippen molar-refractivity contribution in [3.63, 3.8) is 0 Å². The zero-order valence-electron chi connectivity index (χ0n) is 12.7. The molecule has 0 unspecified atom stereocenters. The Balaban J connectivity index is 1.69. The fourth-order valence-electron chi connectivity index (χ4n) is 3.08. The molecule has 5 nitrogen and oxygen atoms in total. The van der Waals surface area contributed by atoms with E-state index in [9.17, 15) is 4.79 Å². The predicted molar refractivity (Wildman–Crippen MR) is 79.8 cm³/mol. The largest absolute Gasteiger partial charge is 0.375 e. The zero-order chi connectivity index (χ0) is 14.5. The summed E-state index contributed by atoms with van der Waals surface area (Å²) < 4.78 is 5.38. The first-order valence-corrected chi connectivity index (χ1v) is 7.54. The average molecular weight is 281 g/mol. The van der Waals surface area contributed by atoms with Crippen LogP contribution in [0.1, 0.15) is 26.2 Å². The standard InChI is InChI=1S/C15H27N3O2/c1-12(2)11-20-9-7-16-15(19)18-8-6-13-4-5-14(10-18)17(13)3/h13-14H,1,4-11H2,2-3H3,(H,16,19)/t13-,14+/m1/s1. The van der Waals surface area contributed by atoms with E-state index in [1.54, 1.807) is 0 Å². The van der Waals surface area contributed by atoms with Gasteiger partial charge in [-0.3, -0.25) is 4.90 Å². The Bertz CT molecular complexity index is 359. The van der Waals surface area contributed by atoms with Crippen LogP contribution >= 0.6 is 0 Å². The van der Waals surface area contributed by atoms with E-state index in [1.807, 2.05) is 11.8 Å². The van der Waals surface area contributed by atoms with Crippen LogP contribution < -0.4 is 5.32 Å². The molecule has 0 spiro atoms. The Hall–Kier alpha value is -1.07. The van der Waals surface area contributed by atoms with Gasteiger partial charge in [-0.05, 0) is 33.2 Å². The third kappa shape index (κ3) is 3.96. The average Bonchev–Trinajstić information content (AvgIpc) is 2.62. The van der Waals surface area contributed by atoms with Gasteiger partial charge in [0, 0.05) is 31.7 Å². The smallest absolute Gasteiger partial charge is 0.317 e. The molecule has 0 radical (unpaired) electrons. The number of hydrogen-bond donors (Lipinski definition) is 1. The minimum Gasteiger partial charge on any atom is -0.375 e. The summed E-state index contributed by atoms with van der Waals surface area (Å²) in [4.78, 5) is 16.6. The molecule has 0 aromatic rings. The van der Waals surface area contributed by atoms with Crippen LogP contribution in [0.25, 0.3) is 0 Å². The van der Waals surface area contributed by atoms with Gasteiger partial charge >= 0.3 is 6.03 Å². The highest BCUT2D eigenvalue weighted by molar-refractivity contribution is 5.74. The molecule has 2 bridgehead atoms. The van der Waals surface area contributed by atoms with Gasteiger partial charge < -0.3 is 15.0 Å². The molecule has 2 heterocycles. The lowest BCUT2D eigenvalue weighted by Gasteiger charge is -2.26. The lowest BCUT2D eigenvalue weighted by molar-refractivity contribution is 0.151. The van der Waals surface area contributed by atoms with Crippen LogP contribution in [0.5, 0.6) is 0 Å². The van der Waals surface area contributed by atoms with Gasteiger partial charge in [-0.15, -0.1) is 0 Å².